The summed E-state index contributed by atoms with van der Waals surface area (Å²) in [5.41, 5.74) is 0. The predicted octanol–water partition coefficient (Wildman–Crippen LogP) is 8.21. The molecule has 0 heteroatoms. The largest absolute Gasteiger partial charge is 0.0885 e. The predicted molar refractivity (Wildman–Crippen MR) is 99.0 cm³/mol. The Morgan fingerprint density at radius 2 is 0.714 bits per heavy atom. The van der Waals surface area contributed by atoms with Crippen molar-refractivity contribution in [3.05, 3.63) is 12.2 Å². The molecule has 0 aliphatic carbocycles. The van der Waals surface area contributed by atoms with Crippen molar-refractivity contribution in [1.82, 2.24) is 0 Å². The highest BCUT2D eigenvalue weighted by Crippen LogP contribution is 2.13. The molecule has 126 valence electrons. The minimum Gasteiger partial charge on any atom is -0.0885 e. The highest BCUT2D eigenvalue weighted by molar-refractivity contribution is 4.81. The molecule has 0 aliphatic rings. The Labute approximate surface area is 135 Å². The van der Waals surface area contributed by atoms with Gasteiger partial charge in [0.05, 0.1) is 0 Å². The molecular formula is C21H42. The fourth-order valence-corrected chi connectivity index (χ4v) is 2.84. The van der Waals surface area contributed by atoms with Gasteiger partial charge in [-0.3, -0.25) is 0 Å². The molecule has 0 fully saturated rings. The van der Waals surface area contributed by atoms with Gasteiger partial charge in [0.2, 0.25) is 0 Å². The molecule has 0 heterocycles. The minimum absolute atomic E-state index is 1.29. The summed E-state index contributed by atoms with van der Waals surface area (Å²) in [4.78, 5) is 0. The van der Waals surface area contributed by atoms with E-state index in [1.54, 1.807) is 0 Å². The maximum atomic E-state index is 2.40. The van der Waals surface area contributed by atoms with E-state index in [4.69, 9.17) is 0 Å². The molecule has 0 rings (SSSR count). The standard InChI is InChI=1S/C21H42/c1-3-5-7-9-11-13-15-17-19-21-20-18-16-14-12-10-8-6-4-2/h9,11H,3-8,10,12-21H2,1-2H3. The van der Waals surface area contributed by atoms with Crippen molar-refractivity contribution in [2.24, 2.45) is 0 Å². The van der Waals surface area contributed by atoms with Gasteiger partial charge < -0.3 is 0 Å². The van der Waals surface area contributed by atoms with Gasteiger partial charge >= 0.3 is 0 Å². The fraction of sp³-hybridized carbons (Fsp3) is 0.905. The van der Waals surface area contributed by atoms with E-state index in [1.807, 2.05) is 0 Å². The Balaban J connectivity index is 2.98. The molecule has 0 aromatic rings. The summed E-state index contributed by atoms with van der Waals surface area (Å²) in [5.74, 6) is 0. The van der Waals surface area contributed by atoms with Crippen molar-refractivity contribution >= 4 is 0 Å². The van der Waals surface area contributed by atoms with E-state index < -0.39 is 0 Å². The lowest BCUT2D eigenvalue weighted by Crippen LogP contribution is -1.82. The van der Waals surface area contributed by atoms with Gasteiger partial charge in [-0.25, -0.2) is 0 Å². The van der Waals surface area contributed by atoms with Crippen LogP contribution >= 0.6 is 0 Å². The minimum atomic E-state index is 1.29. The summed E-state index contributed by atoms with van der Waals surface area (Å²) < 4.78 is 0. The molecule has 0 aromatic carbocycles. The zero-order valence-electron chi connectivity index (χ0n) is 15.2. The molecule has 0 saturated carbocycles. The van der Waals surface area contributed by atoms with E-state index in [9.17, 15) is 0 Å². The second-order valence-electron chi connectivity index (χ2n) is 6.64. The molecule has 0 spiro atoms. The van der Waals surface area contributed by atoms with Crippen LogP contribution in [0, 0.1) is 0 Å². The average molecular weight is 295 g/mol. The van der Waals surface area contributed by atoms with Gasteiger partial charge in [-0.05, 0) is 19.3 Å². The van der Waals surface area contributed by atoms with Crippen LogP contribution in [0.4, 0.5) is 0 Å². The molecule has 0 aliphatic heterocycles. The smallest absolute Gasteiger partial charge is 0.0351 e. The molecule has 0 unspecified atom stereocenters. The van der Waals surface area contributed by atoms with Crippen molar-refractivity contribution in [3.8, 4) is 0 Å². The third-order valence-electron chi connectivity index (χ3n) is 4.37. The first-order chi connectivity index (χ1) is 10.4. The second kappa shape index (κ2) is 19.7. The maximum Gasteiger partial charge on any atom is -0.0351 e. The first-order valence-corrected chi connectivity index (χ1v) is 10.1. The van der Waals surface area contributed by atoms with E-state index in [1.165, 1.54) is 109 Å². The van der Waals surface area contributed by atoms with Gasteiger partial charge in [-0.1, -0.05) is 116 Å². The second-order valence-corrected chi connectivity index (χ2v) is 6.64. The van der Waals surface area contributed by atoms with E-state index in [2.05, 4.69) is 26.0 Å². The topological polar surface area (TPSA) is 0 Å². The molecule has 0 atom stereocenters. The van der Waals surface area contributed by atoms with Crippen LogP contribution in [0.1, 0.15) is 123 Å². The van der Waals surface area contributed by atoms with E-state index in [-0.39, 0.29) is 0 Å². The Morgan fingerprint density at radius 1 is 0.381 bits per heavy atom. The van der Waals surface area contributed by atoms with Crippen LogP contribution in [-0.2, 0) is 0 Å². The van der Waals surface area contributed by atoms with Gasteiger partial charge in [0.1, 0.15) is 0 Å². The van der Waals surface area contributed by atoms with Gasteiger partial charge in [-0.15, -0.1) is 0 Å². The van der Waals surface area contributed by atoms with Crippen LogP contribution in [-0.4, -0.2) is 0 Å². The lowest BCUT2D eigenvalue weighted by Gasteiger charge is -2.02. The summed E-state index contributed by atoms with van der Waals surface area (Å²) >= 11 is 0. The van der Waals surface area contributed by atoms with E-state index >= 15 is 0 Å². The highest BCUT2D eigenvalue weighted by Gasteiger charge is 1.93. The summed E-state index contributed by atoms with van der Waals surface area (Å²) in [5, 5.41) is 0. The van der Waals surface area contributed by atoms with Crippen molar-refractivity contribution in [3.63, 3.8) is 0 Å². The highest BCUT2D eigenvalue weighted by atomic mass is 14.0. The molecule has 0 aromatic heterocycles. The number of rotatable bonds is 17. The Kier molecular flexibility index (Phi) is 19.5. The fourth-order valence-electron chi connectivity index (χ4n) is 2.84. The monoisotopic (exact) mass is 294 g/mol. The van der Waals surface area contributed by atoms with Crippen LogP contribution in [0.5, 0.6) is 0 Å². The summed E-state index contributed by atoms with van der Waals surface area (Å²) in [6.45, 7) is 4.56. The lowest BCUT2D eigenvalue weighted by molar-refractivity contribution is 0.540. The average Bonchev–Trinajstić information content (AvgIpc) is 2.50. The quantitative estimate of drug-likeness (QED) is 0.187. The number of unbranched alkanes of at least 4 members (excludes halogenated alkanes) is 15. The molecule has 0 radical (unpaired) electrons. The first kappa shape index (κ1) is 20.7. The van der Waals surface area contributed by atoms with Crippen LogP contribution in [0.2, 0.25) is 0 Å². The molecule has 0 nitrogen and oxygen atoms in total. The van der Waals surface area contributed by atoms with E-state index in [0.717, 1.165) is 0 Å². The van der Waals surface area contributed by atoms with E-state index in [0.29, 0.717) is 0 Å². The van der Waals surface area contributed by atoms with Crippen molar-refractivity contribution in [1.29, 1.82) is 0 Å². The summed E-state index contributed by atoms with van der Waals surface area (Å²) in [6.07, 6.45) is 28.9. The Bertz CT molecular complexity index is 192. The summed E-state index contributed by atoms with van der Waals surface area (Å²) in [6, 6.07) is 0. The number of hydrogen-bond donors (Lipinski definition) is 0. The van der Waals surface area contributed by atoms with Gasteiger partial charge in [-0.2, -0.15) is 0 Å². The van der Waals surface area contributed by atoms with Gasteiger partial charge in [0.15, 0.2) is 0 Å². The molecule has 0 bridgehead atoms. The van der Waals surface area contributed by atoms with Crippen LogP contribution < -0.4 is 0 Å². The lowest BCUT2D eigenvalue weighted by atomic mass is 10.0. The molecule has 0 amide bonds. The van der Waals surface area contributed by atoms with Crippen molar-refractivity contribution < 1.29 is 0 Å². The number of allylic oxidation sites excluding steroid dienone is 2. The summed E-state index contributed by atoms with van der Waals surface area (Å²) in [7, 11) is 0. The zero-order valence-corrected chi connectivity index (χ0v) is 15.2. The molecular weight excluding hydrogens is 252 g/mol. The Hall–Kier alpha value is -0.260. The number of hydrogen-bond acceptors (Lipinski definition) is 0. The van der Waals surface area contributed by atoms with Gasteiger partial charge in [0, 0.05) is 0 Å². The van der Waals surface area contributed by atoms with Gasteiger partial charge in [0.25, 0.3) is 0 Å². The molecule has 21 heavy (non-hydrogen) atoms. The van der Waals surface area contributed by atoms with Crippen molar-refractivity contribution in [2.45, 2.75) is 123 Å². The normalized spacial score (nSPS) is 11.5. The third-order valence-corrected chi connectivity index (χ3v) is 4.37. The van der Waals surface area contributed by atoms with Crippen molar-refractivity contribution in [2.75, 3.05) is 0 Å². The zero-order chi connectivity index (χ0) is 15.4. The Morgan fingerprint density at radius 3 is 1.14 bits per heavy atom. The van der Waals surface area contributed by atoms with Crippen LogP contribution in [0.3, 0.4) is 0 Å². The molecule has 0 N–H and O–H groups in total. The van der Waals surface area contributed by atoms with Crippen LogP contribution in [0.15, 0.2) is 12.2 Å². The first-order valence-electron chi connectivity index (χ1n) is 10.1. The maximum absolute atomic E-state index is 2.40. The SMILES string of the molecule is CCCCC=CCCCCCCCCCCCCCCC. The van der Waals surface area contributed by atoms with Crippen LogP contribution in [0.25, 0.3) is 0 Å². The third kappa shape index (κ3) is 19.7. The molecule has 0 saturated heterocycles.